The molecular formula is C51H30N4OS. The van der Waals surface area contributed by atoms with Crippen molar-refractivity contribution in [2.24, 2.45) is 0 Å². The first-order chi connectivity index (χ1) is 28.3. The van der Waals surface area contributed by atoms with Gasteiger partial charge in [0.15, 0.2) is 17.5 Å². The second-order valence-electron chi connectivity index (χ2n) is 14.3. The number of fused-ring (bicyclic) bond motifs is 10. The van der Waals surface area contributed by atoms with Gasteiger partial charge in [-0.2, -0.15) is 0 Å². The van der Waals surface area contributed by atoms with Gasteiger partial charge in [-0.3, -0.25) is 0 Å². The zero-order valence-corrected chi connectivity index (χ0v) is 31.2. The average molecular weight is 747 g/mol. The van der Waals surface area contributed by atoms with Crippen molar-refractivity contribution in [3.05, 3.63) is 182 Å². The monoisotopic (exact) mass is 746 g/mol. The molecule has 0 atom stereocenters. The fourth-order valence-corrected chi connectivity index (χ4v) is 9.64. The Morgan fingerprint density at radius 1 is 0.421 bits per heavy atom. The molecule has 266 valence electrons. The molecule has 0 aliphatic rings. The Morgan fingerprint density at radius 3 is 1.91 bits per heavy atom. The minimum atomic E-state index is 0.604. The summed E-state index contributed by atoms with van der Waals surface area (Å²) in [5.41, 5.74) is 9.84. The van der Waals surface area contributed by atoms with Crippen LogP contribution in [0.3, 0.4) is 0 Å². The largest absolute Gasteiger partial charge is 0.455 e. The number of aromatic nitrogens is 4. The molecule has 8 aromatic carbocycles. The lowest BCUT2D eigenvalue weighted by molar-refractivity contribution is 0.670. The number of para-hydroxylation sites is 3. The predicted molar refractivity (Wildman–Crippen MR) is 236 cm³/mol. The first kappa shape index (κ1) is 31.9. The lowest BCUT2D eigenvalue weighted by atomic mass is 10.0. The molecule has 0 saturated heterocycles. The van der Waals surface area contributed by atoms with Crippen LogP contribution in [0.1, 0.15) is 0 Å². The van der Waals surface area contributed by atoms with Crippen LogP contribution in [0.15, 0.2) is 186 Å². The third-order valence-electron chi connectivity index (χ3n) is 11.1. The van der Waals surface area contributed by atoms with Gasteiger partial charge in [0.05, 0.1) is 22.1 Å². The highest BCUT2D eigenvalue weighted by molar-refractivity contribution is 7.25. The SMILES string of the molecule is c1ccc(-c2nc(-c3ccc4c(c3)sc3ccccc34)nc(-c3ccccc3-n3c4ccccc4c4ccc5oc6c(-c7ccccc7)cccc6c5c43)n2)cc1. The highest BCUT2D eigenvalue weighted by atomic mass is 32.1. The number of benzene rings is 8. The molecule has 0 spiro atoms. The van der Waals surface area contributed by atoms with Crippen molar-refractivity contribution in [2.75, 3.05) is 0 Å². The topological polar surface area (TPSA) is 56.7 Å². The summed E-state index contributed by atoms with van der Waals surface area (Å²) < 4.78 is 11.6. The van der Waals surface area contributed by atoms with Crippen LogP contribution in [0.2, 0.25) is 0 Å². The molecule has 57 heavy (non-hydrogen) atoms. The van der Waals surface area contributed by atoms with Gasteiger partial charge in [0.25, 0.3) is 0 Å². The van der Waals surface area contributed by atoms with Crippen molar-refractivity contribution in [1.29, 1.82) is 0 Å². The molecule has 5 nitrogen and oxygen atoms in total. The smallest absolute Gasteiger partial charge is 0.166 e. The van der Waals surface area contributed by atoms with Crippen molar-refractivity contribution in [1.82, 2.24) is 19.5 Å². The Bertz CT molecular complexity index is 3530. The first-order valence-corrected chi connectivity index (χ1v) is 19.8. The first-order valence-electron chi connectivity index (χ1n) is 19.0. The molecular weight excluding hydrogens is 717 g/mol. The van der Waals surface area contributed by atoms with E-state index in [4.69, 9.17) is 19.4 Å². The van der Waals surface area contributed by atoms with E-state index >= 15 is 0 Å². The molecule has 0 bridgehead atoms. The summed E-state index contributed by atoms with van der Waals surface area (Å²) in [5, 5.41) is 6.96. The molecule has 6 heteroatoms. The number of hydrogen-bond acceptors (Lipinski definition) is 5. The lowest BCUT2D eigenvalue weighted by Crippen LogP contribution is -2.03. The van der Waals surface area contributed by atoms with Crippen LogP contribution in [0.4, 0.5) is 0 Å². The average Bonchev–Trinajstić information content (AvgIpc) is 3.96. The van der Waals surface area contributed by atoms with Gasteiger partial charge in [-0.05, 0) is 48.0 Å². The van der Waals surface area contributed by atoms with Gasteiger partial charge < -0.3 is 8.98 Å². The van der Waals surface area contributed by atoms with Gasteiger partial charge in [0.2, 0.25) is 0 Å². The van der Waals surface area contributed by atoms with Crippen LogP contribution in [-0.4, -0.2) is 19.5 Å². The summed E-state index contributed by atoms with van der Waals surface area (Å²) in [7, 11) is 0. The van der Waals surface area contributed by atoms with Crippen LogP contribution < -0.4 is 0 Å². The third-order valence-corrected chi connectivity index (χ3v) is 12.2. The van der Waals surface area contributed by atoms with Crippen LogP contribution in [0.25, 0.3) is 115 Å². The molecule has 0 fully saturated rings. The summed E-state index contributed by atoms with van der Waals surface area (Å²) in [6.45, 7) is 0. The molecule has 0 aliphatic carbocycles. The van der Waals surface area contributed by atoms with Gasteiger partial charge in [-0.15, -0.1) is 11.3 Å². The maximum Gasteiger partial charge on any atom is 0.166 e. The second kappa shape index (κ2) is 12.6. The summed E-state index contributed by atoms with van der Waals surface area (Å²) in [6, 6.07) is 63.6. The predicted octanol–water partition coefficient (Wildman–Crippen LogP) is 13.9. The van der Waals surface area contributed by atoms with Crippen molar-refractivity contribution >= 4 is 75.3 Å². The van der Waals surface area contributed by atoms with E-state index < -0.39 is 0 Å². The fraction of sp³-hybridized carbons (Fsp3) is 0. The molecule has 0 unspecified atom stereocenters. The van der Waals surface area contributed by atoms with Crippen LogP contribution >= 0.6 is 11.3 Å². The Morgan fingerprint density at radius 2 is 1.05 bits per heavy atom. The summed E-state index contributed by atoms with van der Waals surface area (Å²) in [4.78, 5) is 15.6. The molecule has 12 aromatic rings. The van der Waals surface area contributed by atoms with E-state index in [0.29, 0.717) is 17.5 Å². The van der Waals surface area contributed by atoms with E-state index in [0.717, 1.165) is 77.2 Å². The zero-order valence-electron chi connectivity index (χ0n) is 30.4. The number of thiophene rings is 1. The Hall–Kier alpha value is -7.41. The van der Waals surface area contributed by atoms with E-state index in [2.05, 4.69) is 162 Å². The van der Waals surface area contributed by atoms with Crippen molar-refractivity contribution < 1.29 is 4.42 Å². The highest BCUT2D eigenvalue weighted by Crippen LogP contribution is 2.44. The number of nitrogens with zero attached hydrogens (tertiary/aromatic N) is 4. The van der Waals surface area contributed by atoms with E-state index in [9.17, 15) is 0 Å². The lowest BCUT2D eigenvalue weighted by Gasteiger charge is -2.15. The van der Waals surface area contributed by atoms with Gasteiger partial charge in [0, 0.05) is 58.6 Å². The van der Waals surface area contributed by atoms with Crippen molar-refractivity contribution in [2.45, 2.75) is 0 Å². The number of rotatable bonds is 5. The molecule has 0 N–H and O–H groups in total. The number of hydrogen-bond donors (Lipinski definition) is 0. The van der Waals surface area contributed by atoms with E-state index in [1.807, 2.05) is 24.3 Å². The van der Waals surface area contributed by atoms with Gasteiger partial charge in [0.1, 0.15) is 11.2 Å². The summed E-state index contributed by atoms with van der Waals surface area (Å²) in [5.74, 6) is 1.86. The molecule has 0 amide bonds. The van der Waals surface area contributed by atoms with E-state index in [-0.39, 0.29) is 0 Å². The maximum atomic E-state index is 6.78. The van der Waals surface area contributed by atoms with Crippen LogP contribution in [-0.2, 0) is 0 Å². The Kier molecular flexibility index (Phi) is 7.03. The van der Waals surface area contributed by atoms with Crippen LogP contribution in [0.5, 0.6) is 0 Å². The maximum absolute atomic E-state index is 6.78. The molecule has 0 aliphatic heterocycles. The van der Waals surface area contributed by atoms with Gasteiger partial charge in [-0.25, -0.2) is 15.0 Å². The Labute approximate surface area is 330 Å². The van der Waals surface area contributed by atoms with E-state index in [1.54, 1.807) is 11.3 Å². The Balaban J connectivity index is 1.13. The molecule has 0 saturated carbocycles. The van der Waals surface area contributed by atoms with Crippen molar-refractivity contribution in [3.8, 4) is 51.0 Å². The molecule has 4 heterocycles. The molecule has 0 radical (unpaired) electrons. The minimum absolute atomic E-state index is 0.604. The highest BCUT2D eigenvalue weighted by Gasteiger charge is 2.23. The number of furan rings is 1. The minimum Gasteiger partial charge on any atom is -0.455 e. The fourth-order valence-electron chi connectivity index (χ4n) is 8.50. The normalized spacial score (nSPS) is 11.9. The van der Waals surface area contributed by atoms with E-state index in [1.165, 1.54) is 20.2 Å². The standard InChI is InChI=1S/C51H30N4OS/c1-3-14-31(15-4-1)34-21-13-22-40-46-43(56-48(34)40)29-28-38-35-18-7-10-23-41(35)55(47(38)46)42-24-11-8-20-39(42)51-53-49(32-16-5-2-6-17-32)52-50(54-51)33-26-27-37-36-19-9-12-25-44(36)57-45(37)30-33/h1-30H. The van der Waals surface area contributed by atoms with Crippen molar-refractivity contribution in [3.63, 3.8) is 0 Å². The molecule has 4 aromatic heterocycles. The summed E-state index contributed by atoms with van der Waals surface area (Å²) in [6.07, 6.45) is 0. The van der Waals surface area contributed by atoms with Gasteiger partial charge >= 0.3 is 0 Å². The zero-order chi connectivity index (χ0) is 37.5. The molecule has 12 rings (SSSR count). The summed E-state index contributed by atoms with van der Waals surface area (Å²) >= 11 is 1.79. The second-order valence-corrected chi connectivity index (χ2v) is 15.4. The van der Waals surface area contributed by atoms with Gasteiger partial charge in [-0.1, -0.05) is 140 Å². The van der Waals surface area contributed by atoms with Crippen LogP contribution in [0, 0.1) is 0 Å². The quantitative estimate of drug-likeness (QED) is 0.176. The third kappa shape index (κ3) is 4.98.